The number of carbonyl (C=O) groups is 1. The van der Waals surface area contributed by atoms with Gasteiger partial charge in [-0.05, 0) is 91.3 Å². The van der Waals surface area contributed by atoms with Crippen LogP contribution in [-0.2, 0) is 9.53 Å². The van der Waals surface area contributed by atoms with Crippen LogP contribution in [0.25, 0.3) is 0 Å². The Balaban J connectivity index is 1.24. The number of nitrogens with zero attached hydrogens (tertiary/aromatic N) is 1. The smallest absolute Gasteiger partial charge is 0.320 e. The molecular weight excluding hydrogens is 418 g/mol. The van der Waals surface area contributed by atoms with Gasteiger partial charge < -0.3 is 4.74 Å². The highest BCUT2D eigenvalue weighted by Crippen LogP contribution is 2.67. The molecule has 0 amide bonds. The molecule has 0 aromatic heterocycles. The second-order valence-corrected chi connectivity index (χ2v) is 13.9. The highest BCUT2D eigenvalue weighted by molar-refractivity contribution is 5.72. The number of carbonyl (C=O) groups excluding carboxylic acids is 1. The molecule has 0 unspecified atom stereocenters. The summed E-state index contributed by atoms with van der Waals surface area (Å²) >= 11 is 0. The van der Waals surface area contributed by atoms with Gasteiger partial charge in [0.1, 0.15) is 6.10 Å². The molecular formula is C31H51NO2. The van der Waals surface area contributed by atoms with Crippen molar-refractivity contribution < 1.29 is 9.53 Å². The summed E-state index contributed by atoms with van der Waals surface area (Å²) in [5, 5.41) is 0. The lowest BCUT2D eigenvalue weighted by molar-refractivity contribution is -0.151. The molecule has 0 bridgehead atoms. The number of allylic oxidation sites excluding steroid dienone is 1. The molecule has 34 heavy (non-hydrogen) atoms. The van der Waals surface area contributed by atoms with Crippen LogP contribution < -0.4 is 0 Å². The predicted molar refractivity (Wildman–Crippen MR) is 139 cm³/mol. The van der Waals surface area contributed by atoms with Crippen LogP contribution in [-0.4, -0.2) is 36.6 Å². The Hall–Kier alpha value is -0.830. The highest BCUT2D eigenvalue weighted by atomic mass is 16.5. The molecule has 1 heterocycles. The monoisotopic (exact) mass is 469 g/mol. The molecule has 3 saturated carbocycles. The summed E-state index contributed by atoms with van der Waals surface area (Å²) in [4.78, 5) is 14.4. The van der Waals surface area contributed by atoms with Gasteiger partial charge in [0.25, 0.3) is 0 Å². The van der Waals surface area contributed by atoms with Gasteiger partial charge >= 0.3 is 5.97 Å². The van der Waals surface area contributed by atoms with Crippen LogP contribution >= 0.6 is 0 Å². The molecule has 1 saturated heterocycles. The zero-order valence-corrected chi connectivity index (χ0v) is 22.8. The number of fused-ring (bicyclic) bond motifs is 5. The molecule has 5 aliphatic rings. The van der Waals surface area contributed by atoms with Crippen molar-refractivity contribution >= 4 is 5.97 Å². The van der Waals surface area contributed by atoms with Gasteiger partial charge in [0.15, 0.2) is 0 Å². The number of hydrogen-bond donors (Lipinski definition) is 0. The van der Waals surface area contributed by atoms with Crippen molar-refractivity contribution in [3.63, 3.8) is 0 Å². The Kier molecular flexibility index (Phi) is 6.99. The minimum atomic E-state index is -0.00617. The maximum atomic E-state index is 12.3. The zero-order valence-electron chi connectivity index (χ0n) is 22.8. The Morgan fingerprint density at radius 2 is 1.85 bits per heavy atom. The fourth-order valence-corrected chi connectivity index (χ4v) is 9.39. The molecule has 0 spiro atoms. The summed E-state index contributed by atoms with van der Waals surface area (Å²) in [5.74, 6) is 5.29. The lowest BCUT2D eigenvalue weighted by Gasteiger charge is -2.58. The van der Waals surface area contributed by atoms with Crippen LogP contribution in [0.2, 0.25) is 0 Å². The molecule has 5 rings (SSSR count). The fourth-order valence-electron chi connectivity index (χ4n) is 9.39. The van der Waals surface area contributed by atoms with Crippen molar-refractivity contribution in [2.75, 3.05) is 19.6 Å². The molecule has 0 radical (unpaired) electrons. The van der Waals surface area contributed by atoms with E-state index in [0.29, 0.717) is 17.4 Å². The van der Waals surface area contributed by atoms with Crippen LogP contribution in [0.15, 0.2) is 11.6 Å². The number of ether oxygens (including phenoxy) is 1. The highest BCUT2D eigenvalue weighted by Gasteiger charge is 2.59. The number of rotatable bonds is 8. The average molecular weight is 470 g/mol. The van der Waals surface area contributed by atoms with E-state index in [1.165, 1.54) is 57.8 Å². The summed E-state index contributed by atoms with van der Waals surface area (Å²) in [5.41, 5.74) is 2.53. The SMILES string of the molecule is CC(C)CCC[C@@H](C)[C@H]1CC[C@H]2[C@@H]3CC=C4C[C@H](OC(=O)CN5CC5)CC[C@]4(C)[C@H]3CC[C@]12C. The van der Waals surface area contributed by atoms with E-state index < -0.39 is 0 Å². The van der Waals surface area contributed by atoms with E-state index in [1.54, 1.807) is 5.57 Å². The summed E-state index contributed by atoms with van der Waals surface area (Å²) in [6.45, 7) is 15.2. The Labute approximate surface area is 209 Å². The molecule has 192 valence electrons. The molecule has 4 fully saturated rings. The van der Waals surface area contributed by atoms with E-state index in [2.05, 4.69) is 45.6 Å². The maximum Gasteiger partial charge on any atom is 0.320 e. The van der Waals surface area contributed by atoms with Crippen molar-refractivity contribution in [1.29, 1.82) is 0 Å². The molecule has 3 nitrogen and oxygen atoms in total. The van der Waals surface area contributed by atoms with Crippen LogP contribution in [0.4, 0.5) is 0 Å². The predicted octanol–water partition coefficient (Wildman–Crippen LogP) is 7.26. The van der Waals surface area contributed by atoms with Gasteiger partial charge in [0.2, 0.25) is 0 Å². The van der Waals surface area contributed by atoms with Gasteiger partial charge in [-0.25, -0.2) is 0 Å². The first kappa shape index (κ1) is 24.8. The Bertz CT molecular complexity index is 784. The van der Waals surface area contributed by atoms with Gasteiger partial charge in [0.05, 0.1) is 6.54 Å². The first-order valence-corrected chi connectivity index (χ1v) is 14.8. The third-order valence-corrected chi connectivity index (χ3v) is 11.5. The zero-order chi connectivity index (χ0) is 24.1. The Morgan fingerprint density at radius 1 is 1.06 bits per heavy atom. The lowest BCUT2D eigenvalue weighted by Crippen LogP contribution is -2.51. The molecule has 3 heteroatoms. The third-order valence-electron chi connectivity index (χ3n) is 11.5. The average Bonchev–Trinajstić information content (AvgIpc) is 3.51. The number of esters is 1. The van der Waals surface area contributed by atoms with Gasteiger partial charge in [-0.2, -0.15) is 0 Å². The van der Waals surface area contributed by atoms with Gasteiger partial charge in [-0.15, -0.1) is 0 Å². The van der Waals surface area contributed by atoms with Crippen LogP contribution in [0.3, 0.4) is 0 Å². The summed E-state index contributed by atoms with van der Waals surface area (Å²) < 4.78 is 5.92. The molecule has 8 atom stereocenters. The minimum Gasteiger partial charge on any atom is -0.461 e. The van der Waals surface area contributed by atoms with Gasteiger partial charge in [-0.1, -0.05) is 65.5 Å². The number of hydrogen-bond acceptors (Lipinski definition) is 3. The van der Waals surface area contributed by atoms with Crippen molar-refractivity contribution in [3.05, 3.63) is 11.6 Å². The standard InChI is InChI=1S/C31H51NO2/c1-21(2)7-6-8-22(3)26-11-12-27-25-10-9-23-19-24(34-29(33)20-32-17-18-32)13-15-30(23,4)28(25)14-16-31(26,27)5/h9,21-22,24-28H,6-8,10-20H2,1-5H3/t22-,24-,25+,26-,27+,28+,30+,31-/m1/s1. The first-order valence-electron chi connectivity index (χ1n) is 14.8. The normalized spacial score (nSPS) is 42.4. The summed E-state index contributed by atoms with van der Waals surface area (Å²) in [6.07, 6.45) is 17.3. The summed E-state index contributed by atoms with van der Waals surface area (Å²) in [7, 11) is 0. The van der Waals surface area contributed by atoms with E-state index in [9.17, 15) is 4.79 Å². The van der Waals surface area contributed by atoms with E-state index in [4.69, 9.17) is 4.74 Å². The van der Waals surface area contributed by atoms with Crippen molar-refractivity contribution in [2.45, 2.75) is 111 Å². The maximum absolute atomic E-state index is 12.3. The summed E-state index contributed by atoms with van der Waals surface area (Å²) in [6, 6.07) is 0. The molecule has 0 N–H and O–H groups in total. The topological polar surface area (TPSA) is 29.3 Å². The second-order valence-electron chi connectivity index (χ2n) is 13.9. The van der Waals surface area contributed by atoms with Crippen LogP contribution in [0.1, 0.15) is 105 Å². The van der Waals surface area contributed by atoms with E-state index in [-0.39, 0.29) is 12.1 Å². The molecule has 1 aliphatic heterocycles. The van der Waals surface area contributed by atoms with Crippen molar-refractivity contribution in [2.24, 2.45) is 46.3 Å². The third kappa shape index (κ3) is 4.64. The minimum absolute atomic E-state index is 0.00617. The molecule has 0 aromatic rings. The second kappa shape index (κ2) is 9.56. The largest absolute Gasteiger partial charge is 0.461 e. The molecule has 4 aliphatic carbocycles. The molecule has 0 aromatic carbocycles. The quantitative estimate of drug-likeness (QED) is 0.213. The van der Waals surface area contributed by atoms with E-state index >= 15 is 0 Å². The van der Waals surface area contributed by atoms with Gasteiger partial charge in [0, 0.05) is 19.5 Å². The van der Waals surface area contributed by atoms with Crippen LogP contribution in [0, 0.1) is 46.3 Å². The van der Waals surface area contributed by atoms with Crippen molar-refractivity contribution in [1.82, 2.24) is 4.90 Å². The Morgan fingerprint density at radius 3 is 2.59 bits per heavy atom. The van der Waals surface area contributed by atoms with E-state index in [0.717, 1.165) is 61.4 Å². The van der Waals surface area contributed by atoms with E-state index in [1.807, 2.05) is 0 Å². The fraction of sp³-hybridized carbons (Fsp3) is 0.903. The van der Waals surface area contributed by atoms with Crippen LogP contribution in [0.5, 0.6) is 0 Å². The first-order chi connectivity index (χ1) is 16.2. The van der Waals surface area contributed by atoms with Crippen molar-refractivity contribution in [3.8, 4) is 0 Å². The lowest BCUT2D eigenvalue weighted by atomic mass is 9.47. The van der Waals surface area contributed by atoms with Gasteiger partial charge in [-0.3, -0.25) is 9.69 Å².